The second kappa shape index (κ2) is 6.86. The van der Waals surface area contributed by atoms with E-state index >= 15 is 0 Å². The third kappa shape index (κ3) is 5.16. The van der Waals surface area contributed by atoms with Gasteiger partial charge >= 0.3 is 12.1 Å². The van der Waals surface area contributed by atoms with Gasteiger partial charge in [-0.3, -0.25) is 4.79 Å². The van der Waals surface area contributed by atoms with Crippen molar-refractivity contribution < 1.29 is 19.1 Å². The van der Waals surface area contributed by atoms with Crippen LogP contribution in [0.3, 0.4) is 0 Å². The first-order valence-corrected chi connectivity index (χ1v) is 8.08. The molecule has 1 saturated heterocycles. The number of esters is 1. The molecule has 1 aliphatic heterocycles. The number of hydrogen-bond acceptors (Lipinski definition) is 5. The maximum atomic E-state index is 12.0. The summed E-state index contributed by atoms with van der Waals surface area (Å²) in [5.41, 5.74) is -0.544. The van der Waals surface area contributed by atoms with Gasteiger partial charge in [0.15, 0.2) is 0 Å². The molecule has 2 aliphatic rings. The fourth-order valence-electron chi connectivity index (χ4n) is 2.87. The summed E-state index contributed by atoms with van der Waals surface area (Å²) in [6, 6.07) is -0.224. The number of hydrogen-bond donors (Lipinski definition) is 1. The second-order valence-corrected chi connectivity index (χ2v) is 7.37. The Bertz CT molecular complexity index is 415. The van der Waals surface area contributed by atoms with Crippen LogP contribution in [0.2, 0.25) is 0 Å². The summed E-state index contributed by atoms with van der Waals surface area (Å²) in [5.74, 6) is 0.195. The van der Waals surface area contributed by atoms with Gasteiger partial charge in [0.2, 0.25) is 0 Å². The highest BCUT2D eigenvalue weighted by Crippen LogP contribution is 2.31. The van der Waals surface area contributed by atoms with Crippen LogP contribution in [0.15, 0.2) is 0 Å². The summed E-state index contributed by atoms with van der Waals surface area (Å²) in [5, 5.41) is 2.84. The van der Waals surface area contributed by atoms with Crippen LogP contribution >= 0.6 is 0 Å². The van der Waals surface area contributed by atoms with Gasteiger partial charge < -0.3 is 19.7 Å². The zero-order chi connectivity index (χ0) is 16.3. The number of amides is 1. The Hall–Kier alpha value is -1.30. The van der Waals surface area contributed by atoms with Crippen molar-refractivity contribution in [2.24, 2.45) is 11.8 Å². The Morgan fingerprint density at radius 1 is 1.23 bits per heavy atom. The lowest BCUT2D eigenvalue weighted by Crippen LogP contribution is -2.54. The lowest BCUT2D eigenvalue weighted by atomic mass is 9.92. The molecule has 1 saturated carbocycles. The minimum absolute atomic E-state index is 0.224. The molecule has 0 radical (unpaired) electrons. The highest BCUT2D eigenvalue weighted by atomic mass is 16.6. The van der Waals surface area contributed by atoms with E-state index in [-0.39, 0.29) is 17.9 Å². The van der Waals surface area contributed by atoms with Crippen molar-refractivity contribution in [2.45, 2.75) is 51.7 Å². The molecule has 0 aromatic rings. The Morgan fingerprint density at radius 3 is 2.45 bits per heavy atom. The molecule has 1 amide bonds. The molecular weight excluding hydrogens is 284 g/mol. The van der Waals surface area contributed by atoms with Gasteiger partial charge in [0.1, 0.15) is 5.60 Å². The topological polar surface area (TPSA) is 67.9 Å². The smallest absolute Gasteiger partial charge is 0.407 e. The van der Waals surface area contributed by atoms with Crippen molar-refractivity contribution in [1.82, 2.24) is 10.2 Å². The monoisotopic (exact) mass is 312 g/mol. The van der Waals surface area contributed by atoms with Crippen molar-refractivity contribution >= 4 is 12.1 Å². The largest absolute Gasteiger partial charge is 0.469 e. The zero-order valence-corrected chi connectivity index (χ0v) is 14.1. The van der Waals surface area contributed by atoms with E-state index in [1.807, 2.05) is 20.8 Å². The van der Waals surface area contributed by atoms with E-state index in [4.69, 9.17) is 9.47 Å². The number of carbonyl (C=O) groups excluding carboxylic acids is 2. The predicted octanol–water partition coefficient (Wildman–Crippen LogP) is 1.78. The molecule has 22 heavy (non-hydrogen) atoms. The van der Waals surface area contributed by atoms with Crippen LogP contribution in [0, 0.1) is 11.8 Å². The van der Waals surface area contributed by atoms with Gasteiger partial charge in [0.05, 0.1) is 13.0 Å². The molecule has 0 aromatic carbocycles. The number of alkyl carbamates (subject to hydrolysis) is 1. The molecule has 6 heteroatoms. The van der Waals surface area contributed by atoms with Gasteiger partial charge in [-0.25, -0.2) is 4.79 Å². The summed E-state index contributed by atoms with van der Waals surface area (Å²) in [6.45, 7) is 8.05. The molecule has 2 fully saturated rings. The molecule has 0 aromatic heterocycles. The molecule has 0 bridgehead atoms. The minimum Gasteiger partial charge on any atom is -0.469 e. The average molecular weight is 312 g/mol. The maximum absolute atomic E-state index is 12.0. The van der Waals surface area contributed by atoms with Gasteiger partial charge in [-0.1, -0.05) is 0 Å². The molecular formula is C16H28N2O4. The third-order valence-corrected chi connectivity index (χ3v) is 4.12. The molecule has 126 valence electrons. The lowest BCUT2D eigenvalue weighted by molar-refractivity contribution is -0.148. The number of methoxy groups -OCH3 is 1. The number of piperidine rings is 1. The van der Waals surface area contributed by atoms with E-state index in [1.165, 1.54) is 20.0 Å². The SMILES string of the molecule is COC(=O)C1CN(CC2CC2)CCC1NC(=O)OC(C)(C)C. The second-order valence-electron chi connectivity index (χ2n) is 7.37. The van der Waals surface area contributed by atoms with Crippen LogP contribution in [-0.2, 0) is 14.3 Å². The summed E-state index contributed by atoms with van der Waals surface area (Å²) >= 11 is 0. The van der Waals surface area contributed by atoms with Gasteiger partial charge in [-0.15, -0.1) is 0 Å². The number of nitrogens with zero attached hydrogens (tertiary/aromatic N) is 1. The van der Waals surface area contributed by atoms with E-state index in [1.54, 1.807) is 0 Å². The predicted molar refractivity (Wildman–Crippen MR) is 82.4 cm³/mol. The van der Waals surface area contributed by atoms with Gasteiger partial charge in [0.25, 0.3) is 0 Å². The first-order chi connectivity index (χ1) is 10.3. The highest BCUT2D eigenvalue weighted by Gasteiger charge is 2.38. The van der Waals surface area contributed by atoms with Gasteiger partial charge in [-0.05, 0) is 46.0 Å². The quantitative estimate of drug-likeness (QED) is 0.802. The van der Waals surface area contributed by atoms with Crippen molar-refractivity contribution in [3.63, 3.8) is 0 Å². The lowest BCUT2D eigenvalue weighted by Gasteiger charge is -2.37. The summed E-state index contributed by atoms with van der Waals surface area (Å²) in [7, 11) is 1.40. The van der Waals surface area contributed by atoms with Crippen LogP contribution in [0.25, 0.3) is 0 Å². The number of ether oxygens (including phenoxy) is 2. The zero-order valence-electron chi connectivity index (χ0n) is 14.1. The fraction of sp³-hybridized carbons (Fsp3) is 0.875. The molecule has 1 N–H and O–H groups in total. The van der Waals surface area contributed by atoms with E-state index < -0.39 is 11.7 Å². The van der Waals surface area contributed by atoms with Crippen molar-refractivity contribution in [3.8, 4) is 0 Å². The van der Waals surface area contributed by atoms with Gasteiger partial charge in [0, 0.05) is 25.7 Å². The van der Waals surface area contributed by atoms with E-state index in [2.05, 4.69) is 10.2 Å². The minimum atomic E-state index is -0.544. The van der Waals surface area contributed by atoms with Crippen LogP contribution in [0.1, 0.15) is 40.0 Å². The Balaban J connectivity index is 1.93. The van der Waals surface area contributed by atoms with Crippen molar-refractivity contribution in [2.75, 3.05) is 26.7 Å². The molecule has 2 atom stereocenters. The normalized spacial score (nSPS) is 26.4. The molecule has 1 aliphatic carbocycles. The Kier molecular flexibility index (Phi) is 5.32. The molecule has 2 unspecified atom stereocenters. The summed E-state index contributed by atoms with van der Waals surface area (Å²) < 4.78 is 10.2. The number of nitrogens with one attached hydrogen (secondary N) is 1. The van der Waals surface area contributed by atoms with Crippen molar-refractivity contribution in [3.05, 3.63) is 0 Å². The number of carbonyl (C=O) groups is 2. The van der Waals surface area contributed by atoms with Crippen LogP contribution in [0.4, 0.5) is 4.79 Å². The van der Waals surface area contributed by atoms with Gasteiger partial charge in [-0.2, -0.15) is 0 Å². The fourth-order valence-corrected chi connectivity index (χ4v) is 2.87. The molecule has 2 rings (SSSR count). The van der Waals surface area contributed by atoms with E-state index in [0.717, 1.165) is 25.4 Å². The number of rotatable bonds is 4. The molecule has 6 nitrogen and oxygen atoms in total. The first kappa shape index (κ1) is 17.1. The highest BCUT2D eigenvalue weighted by molar-refractivity contribution is 5.75. The van der Waals surface area contributed by atoms with E-state index in [0.29, 0.717) is 6.54 Å². The average Bonchev–Trinajstić information content (AvgIpc) is 3.21. The summed E-state index contributed by atoms with van der Waals surface area (Å²) in [4.78, 5) is 26.3. The third-order valence-electron chi connectivity index (χ3n) is 4.12. The van der Waals surface area contributed by atoms with Crippen LogP contribution in [0.5, 0.6) is 0 Å². The molecule has 0 spiro atoms. The summed E-state index contributed by atoms with van der Waals surface area (Å²) in [6.07, 6.45) is 2.85. The number of likely N-dealkylation sites (tertiary alicyclic amines) is 1. The standard InChI is InChI=1S/C16H28N2O4/c1-16(2,3)22-15(20)17-13-7-8-18(9-11-5-6-11)10-12(13)14(19)21-4/h11-13H,5-10H2,1-4H3,(H,17,20). The first-order valence-electron chi connectivity index (χ1n) is 8.08. The van der Waals surface area contributed by atoms with Crippen molar-refractivity contribution in [1.29, 1.82) is 0 Å². The van der Waals surface area contributed by atoms with E-state index in [9.17, 15) is 9.59 Å². The van der Waals surface area contributed by atoms with Crippen LogP contribution in [-0.4, -0.2) is 55.3 Å². The molecule has 1 heterocycles. The Morgan fingerprint density at radius 2 is 1.91 bits per heavy atom. The Labute approximate surface area is 132 Å². The van der Waals surface area contributed by atoms with Crippen LogP contribution < -0.4 is 5.32 Å². The maximum Gasteiger partial charge on any atom is 0.407 e.